The van der Waals surface area contributed by atoms with E-state index in [1.165, 1.54) is 4.68 Å². The molecule has 0 aliphatic rings. The summed E-state index contributed by atoms with van der Waals surface area (Å²) in [4.78, 5) is 18.0. The van der Waals surface area contributed by atoms with Crippen molar-refractivity contribution in [1.29, 1.82) is 0 Å². The van der Waals surface area contributed by atoms with E-state index in [0.717, 1.165) is 10.0 Å². The molecule has 170 valence electrons. The van der Waals surface area contributed by atoms with Crippen LogP contribution in [-0.4, -0.2) is 29.6 Å². The highest BCUT2D eigenvalue weighted by atomic mass is 79.9. The van der Waals surface area contributed by atoms with Crippen molar-refractivity contribution in [1.82, 2.24) is 9.66 Å². The molecule has 0 spiro atoms. The second-order valence-corrected chi connectivity index (χ2v) is 10.9. The number of rotatable bonds is 5. The third-order valence-corrected chi connectivity index (χ3v) is 5.14. The molecule has 0 N–H and O–H groups in total. The molecule has 3 aromatic rings. The van der Waals surface area contributed by atoms with Gasteiger partial charge in [0.1, 0.15) is 5.82 Å². The molecular formula is C25H30BrN3O3. The summed E-state index contributed by atoms with van der Waals surface area (Å²) in [5.74, 6) is 1.87. The standard InChI is InChI=1S/C25H30BrN3O3/c1-24(2,3)15-32-20-11-8-16(12-21(20)31-7)14-27-29-22(30)18-13-17(26)9-10-19(18)28-23(29)25(4,5)6/h8-14H,15H2,1-7H3. The quantitative estimate of drug-likeness (QED) is 0.417. The van der Waals surface area contributed by atoms with Crippen molar-refractivity contribution in [2.75, 3.05) is 13.7 Å². The van der Waals surface area contributed by atoms with E-state index in [9.17, 15) is 4.79 Å². The van der Waals surface area contributed by atoms with Crippen LogP contribution in [0.3, 0.4) is 0 Å². The van der Waals surface area contributed by atoms with Gasteiger partial charge in [0, 0.05) is 9.89 Å². The Kier molecular flexibility index (Phi) is 6.79. The van der Waals surface area contributed by atoms with E-state index in [1.54, 1.807) is 19.4 Å². The lowest BCUT2D eigenvalue weighted by Gasteiger charge is -2.21. The molecule has 0 radical (unpaired) electrons. The number of aromatic nitrogens is 2. The van der Waals surface area contributed by atoms with Crippen molar-refractivity contribution in [3.63, 3.8) is 0 Å². The highest BCUT2D eigenvalue weighted by Crippen LogP contribution is 2.29. The largest absolute Gasteiger partial charge is 0.493 e. The lowest BCUT2D eigenvalue weighted by atomic mass is 9.95. The second-order valence-electron chi connectivity index (χ2n) is 9.97. The molecule has 0 bridgehead atoms. The Morgan fingerprint density at radius 2 is 1.78 bits per heavy atom. The van der Waals surface area contributed by atoms with Crippen molar-refractivity contribution >= 4 is 33.0 Å². The molecule has 3 rings (SSSR count). The molecule has 0 saturated heterocycles. The van der Waals surface area contributed by atoms with Crippen LogP contribution in [0.4, 0.5) is 0 Å². The molecule has 0 atom stereocenters. The average molecular weight is 500 g/mol. The maximum Gasteiger partial charge on any atom is 0.282 e. The topological polar surface area (TPSA) is 65.7 Å². The van der Waals surface area contributed by atoms with Gasteiger partial charge in [-0.25, -0.2) is 4.98 Å². The fraction of sp³-hybridized carbons (Fsp3) is 0.400. The van der Waals surface area contributed by atoms with Gasteiger partial charge in [-0.15, -0.1) is 0 Å². The van der Waals surface area contributed by atoms with Crippen LogP contribution in [0.25, 0.3) is 10.9 Å². The Labute approximate surface area is 197 Å². The van der Waals surface area contributed by atoms with Crippen LogP contribution in [-0.2, 0) is 5.41 Å². The number of methoxy groups -OCH3 is 1. The van der Waals surface area contributed by atoms with Crippen LogP contribution in [0.2, 0.25) is 0 Å². The van der Waals surface area contributed by atoms with E-state index in [-0.39, 0.29) is 16.4 Å². The van der Waals surface area contributed by atoms with Gasteiger partial charge in [-0.05, 0) is 47.4 Å². The van der Waals surface area contributed by atoms with Crippen LogP contribution < -0.4 is 15.0 Å². The Hall–Kier alpha value is -2.67. The number of benzene rings is 2. The minimum Gasteiger partial charge on any atom is -0.493 e. The number of fused-ring (bicyclic) bond motifs is 1. The lowest BCUT2D eigenvalue weighted by molar-refractivity contribution is 0.191. The second kappa shape index (κ2) is 9.06. The van der Waals surface area contributed by atoms with Crippen LogP contribution in [0.1, 0.15) is 52.9 Å². The molecule has 0 unspecified atom stereocenters. The third kappa shape index (κ3) is 5.57. The van der Waals surface area contributed by atoms with Gasteiger partial charge in [0.2, 0.25) is 0 Å². The number of ether oxygens (including phenoxy) is 2. The summed E-state index contributed by atoms with van der Waals surface area (Å²) in [5.41, 5.74) is 0.880. The molecule has 1 aromatic heterocycles. The van der Waals surface area contributed by atoms with Gasteiger partial charge in [-0.2, -0.15) is 9.78 Å². The minimum absolute atomic E-state index is 0.0355. The van der Waals surface area contributed by atoms with E-state index >= 15 is 0 Å². The zero-order valence-corrected chi connectivity index (χ0v) is 21.3. The molecule has 32 heavy (non-hydrogen) atoms. The summed E-state index contributed by atoms with van der Waals surface area (Å²) in [6, 6.07) is 11.1. The average Bonchev–Trinajstić information content (AvgIpc) is 2.70. The first-order valence-corrected chi connectivity index (χ1v) is 11.3. The summed E-state index contributed by atoms with van der Waals surface area (Å²) >= 11 is 3.43. The number of hydrogen-bond acceptors (Lipinski definition) is 5. The first-order chi connectivity index (χ1) is 14.9. The first-order valence-electron chi connectivity index (χ1n) is 10.5. The monoisotopic (exact) mass is 499 g/mol. The van der Waals surface area contributed by atoms with Crippen molar-refractivity contribution in [2.45, 2.75) is 47.0 Å². The summed E-state index contributed by atoms with van der Waals surface area (Å²) in [7, 11) is 1.60. The predicted molar refractivity (Wildman–Crippen MR) is 133 cm³/mol. The van der Waals surface area contributed by atoms with E-state index in [2.05, 4.69) is 41.8 Å². The first kappa shape index (κ1) is 24.0. The van der Waals surface area contributed by atoms with Gasteiger partial charge in [0.05, 0.1) is 30.8 Å². The van der Waals surface area contributed by atoms with Crippen molar-refractivity contribution < 1.29 is 9.47 Å². The fourth-order valence-corrected chi connectivity index (χ4v) is 3.40. The predicted octanol–water partition coefficient (Wildman–Crippen LogP) is 5.77. The zero-order valence-electron chi connectivity index (χ0n) is 19.7. The summed E-state index contributed by atoms with van der Waals surface area (Å²) in [6.07, 6.45) is 1.64. The van der Waals surface area contributed by atoms with Crippen LogP contribution >= 0.6 is 15.9 Å². The molecule has 1 heterocycles. The van der Waals surface area contributed by atoms with E-state index in [1.807, 2.05) is 51.1 Å². The number of halogens is 1. The van der Waals surface area contributed by atoms with Crippen LogP contribution in [0.15, 0.2) is 50.8 Å². The van der Waals surface area contributed by atoms with Gasteiger partial charge in [0.15, 0.2) is 11.5 Å². The third-order valence-electron chi connectivity index (χ3n) is 4.65. The van der Waals surface area contributed by atoms with E-state index < -0.39 is 0 Å². The Balaban J connectivity index is 2.04. The van der Waals surface area contributed by atoms with Crippen molar-refractivity contribution in [3.05, 3.63) is 62.6 Å². The highest BCUT2D eigenvalue weighted by molar-refractivity contribution is 9.10. The molecule has 0 amide bonds. The normalized spacial score (nSPS) is 12.5. The number of nitrogens with zero attached hydrogens (tertiary/aromatic N) is 3. The molecule has 0 aliphatic carbocycles. The van der Waals surface area contributed by atoms with E-state index in [0.29, 0.717) is 34.8 Å². The smallest absolute Gasteiger partial charge is 0.282 e. The molecule has 0 saturated carbocycles. The van der Waals surface area contributed by atoms with Crippen LogP contribution in [0, 0.1) is 5.41 Å². The molecule has 6 nitrogen and oxygen atoms in total. The maximum absolute atomic E-state index is 13.3. The molecule has 2 aromatic carbocycles. The maximum atomic E-state index is 13.3. The summed E-state index contributed by atoms with van der Waals surface area (Å²) in [5, 5.41) is 5.02. The van der Waals surface area contributed by atoms with Gasteiger partial charge >= 0.3 is 0 Å². The van der Waals surface area contributed by atoms with E-state index in [4.69, 9.17) is 14.5 Å². The molecular weight excluding hydrogens is 470 g/mol. The molecule has 0 fully saturated rings. The van der Waals surface area contributed by atoms with Crippen molar-refractivity contribution in [3.8, 4) is 11.5 Å². The zero-order chi connectivity index (χ0) is 23.7. The number of hydrogen-bond donors (Lipinski definition) is 0. The minimum atomic E-state index is -0.375. The van der Waals surface area contributed by atoms with Gasteiger partial charge in [0.25, 0.3) is 5.56 Å². The summed E-state index contributed by atoms with van der Waals surface area (Å²) in [6.45, 7) is 12.9. The lowest BCUT2D eigenvalue weighted by Crippen LogP contribution is -2.29. The fourth-order valence-electron chi connectivity index (χ4n) is 3.04. The van der Waals surface area contributed by atoms with Crippen molar-refractivity contribution in [2.24, 2.45) is 10.5 Å². The van der Waals surface area contributed by atoms with Crippen LogP contribution in [0.5, 0.6) is 11.5 Å². The Morgan fingerprint density at radius 1 is 1.06 bits per heavy atom. The van der Waals surface area contributed by atoms with Gasteiger partial charge in [-0.1, -0.05) is 57.5 Å². The highest BCUT2D eigenvalue weighted by Gasteiger charge is 2.23. The van der Waals surface area contributed by atoms with Gasteiger partial charge in [-0.3, -0.25) is 4.79 Å². The Morgan fingerprint density at radius 3 is 2.41 bits per heavy atom. The Bertz CT molecular complexity index is 1220. The SMILES string of the molecule is COc1cc(C=Nn2c(C(C)(C)C)nc3ccc(Br)cc3c2=O)ccc1OCC(C)(C)C. The summed E-state index contributed by atoms with van der Waals surface area (Å²) < 4.78 is 13.6. The van der Waals surface area contributed by atoms with Gasteiger partial charge < -0.3 is 9.47 Å². The molecule has 0 aliphatic heterocycles. The molecule has 7 heteroatoms.